The Morgan fingerprint density at radius 2 is 1.56 bits per heavy atom. The Morgan fingerprint density at radius 1 is 0.902 bits per heavy atom. The molecule has 8 nitrogen and oxygen atoms in total. The molecular weight excluding hydrogens is 522 g/mol. The Kier molecular flexibility index (Phi) is 8.29. The molecule has 8 heteroatoms. The molecule has 208 valence electrons. The van der Waals surface area contributed by atoms with Crippen LogP contribution in [0.5, 0.6) is 11.5 Å². The van der Waals surface area contributed by atoms with Crippen LogP contribution in [0.1, 0.15) is 40.2 Å². The van der Waals surface area contributed by atoms with Crippen molar-refractivity contribution in [2.24, 2.45) is 0 Å². The minimum atomic E-state index is -0.877. The van der Waals surface area contributed by atoms with E-state index < -0.39 is 11.9 Å². The predicted octanol–water partition coefficient (Wildman–Crippen LogP) is 6.14. The molecule has 0 saturated heterocycles. The van der Waals surface area contributed by atoms with E-state index in [0.717, 1.165) is 22.3 Å². The highest BCUT2D eigenvalue weighted by molar-refractivity contribution is 6.05. The minimum Gasteiger partial charge on any atom is -0.496 e. The normalized spacial score (nSPS) is 11.7. The molecule has 0 heterocycles. The molecule has 5 rings (SSSR count). The third-order valence-corrected chi connectivity index (χ3v) is 7.10. The van der Waals surface area contributed by atoms with Crippen molar-refractivity contribution in [2.45, 2.75) is 18.8 Å². The first-order valence-corrected chi connectivity index (χ1v) is 13.2. The van der Waals surface area contributed by atoms with E-state index in [-0.39, 0.29) is 31.1 Å². The molecule has 1 aliphatic rings. The number of hydrogen-bond donors (Lipinski definition) is 2. The molecule has 0 aliphatic heterocycles. The molecule has 0 radical (unpaired) electrons. The smallest absolute Gasteiger partial charge is 0.342 e. The van der Waals surface area contributed by atoms with Crippen LogP contribution in [0.25, 0.3) is 22.3 Å². The summed E-state index contributed by atoms with van der Waals surface area (Å²) in [5.41, 5.74) is 6.15. The summed E-state index contributed by atoms with van der Waals surface area (Å²) in [6, 6.07) is 26.5. The number of carbonyl (C=O) groups excluding carboxylic acids is 2. The second-order valence-electron chi connectivity index (χ2n) is 9.52. The number of carboxylic acid groups (broad SMARTS) is 1. The third-order valence-electron chi connectivity index (χ3n) is 7.10. The highest BCUT2D eigenvalue weighted by Crippen LogP contribution is 2.45. The van der Waals surface area contributed by atoms with Crippen molar-refractivity contribution in [2.75, 3.05) is 25.6 Å². The topological polar surface area (TPSA) is 111 Å². The zero-order chi connectivity index (χ0) is 28.8. The number of esters is 1. The van der Waals surface area contributed by atoms with Crippen LogP contribution < -0.4 is 14.8 Å². The van der Waals surface area contributed by atoms with E-state index in [0.29, 0.717) is 41.1 Å². The lowest BCUT2D eigenvalue weighted by Gasteiger charge is -2.19. The summed E-state index contributed by atoms with van der Waals surface area (Å²) < 4.78 is 17.2. The Labute approximate surface area is 237 Å². The van der Waals surface area contributed by atoms with Gasteiger partial charge in [0.1, 0.15) is 23.7 Å². The van der Waals surface area contributed by atoms with Gasteiger partial charge < -0.3 is 24.6 Å². The Morgan fingerprint density at radius 3 is 2.17 bits per heavy atom. The Balaban J connectivity index is 1.44. The highest BCUT2D eigenvalue weighted by atomic mass is 16.5. The number of carbonyl (C=O) groups is 3. The summed E-state index contributed by atoms with van der Waals surface area (Å²) in [5.74, 6) is -0.716. The first kappa shape index (κ1) is 27.5. The van der Waals surface area contributed by atoms with Gasteiger partial charge in [0.25, 0.3) is 0 Å². The summed E-state index contributed by atoms with van der Waals surface area (Å²) in [6.45, 7) is 0.387. The number of ether oxygens (including phenoxy) is 3. The molecule has 1 amide bonds. The van der Waals surface area contributed by atoms with Crippen LogP contribution in [-0.2, 0) is 14.3 Å². The number of nitrogens with one attached hydrogen (secondary N) is 1. The maximum Gasteiger partial charge on any atom is 0.342 e. The van der Waals surface area contributed by atoms with Crippen molar-refractivity contribution in [3.05, 3.63) is 102 Å². The average Bonchev–Trinajstić information content (AvgIpc) is 3.32. The lowest BCUT2D eigenvalue weighted by molar-refractivity contribution is -0.137. The molecule has 0 unspecified atom stereocenters. The fourth-order valence-corrected chi connectivity index (χ4v) is 5.24. The van der Waals surface area contributed by atoms with Crippen molar-refractivity contribution in [1.29, 1.82) is 0 Å². The maximum atomic E-state index is 13.8. The third kappa shape index (κ3) is 5.77. The van der Waals surface area contributed by atoms with Gasteiger partial charge in [-0.2, -0.15) is 0 Å². The zero-order valence-corrected chi connectivity index (χ0v) is 22.5. The number of benzene rings is 4. The number of fused-ring (bicyclic) bond motifs is 3. The first-order valence-electron chi connectivity index (χ1n) is 13.2. The van der Waals surface area contributed by atoms with Gasteiger partial charge in [0.05, 0.1) is 13.7 Å². The SMILES string of the molecule is COc1ccc(NC=O)c(-c2ccc(OCCCC(=O)O)cc2)c1C(=O)OCC1c2ccccc2-c2ccccc21. The molecular formula is C33H29NO7. The van der Waals surface area contributed by atoms with Gasteiger partial charge in [-0.15, -0.1) is 0 Å². The lowest BCUT2D eigenvalue weighted by atomic mass is 9.96. The number of anilines is 1. The van der Waals surface area contributed by atoms with Gasteiger partial charge in [0, 0.05) is 23.6 Å². The van der Waals surface area contributed by atoms with Crippen molar-refractivity contribution < 1.29 is 33.7 Å². The fourth-order valence-electron chi connectivity index (χ4n) is 5.24. The number of amides is 1. The van der Waals surface area contributed by atoms with Crippen LogP contribution >= 0.6 is 0 Å². The zero-order valence-electron chi connectivity index (χ0n) is 22.5. The van der Waals surface area contributed by atoms with E-state index in [1.807, 2.05) is 24.3 Å². The van der Waals surface area contributed by atoms with Gasteiger partial charge in [-0.05, 0) is 58.5 Å². The van der Waals surface area contributed by atoms with Crippen LogP contribution in [-0.4, -0.2) is 43.8 Å². The molecule has 4 aromatic carbocycles. The monoisotopic (exact) mass is 551 g/mol. The predicted molar refractivity (Wildman–Crippen MR) is 154 cm³/mol. The number of rotatable bonds is 12. The molecule has 4 aromatic rings. The number of methoxy groups -OCH3 is 1. The van der Waals surface area contributed by atoms with Gasteiger partial charge in [-0.25, -0.2) is 4.79 Å². The number of hydrogen-bond acceptors (Lipinski definition) is 6. The maximum absolute atomic E-state index is 13.8. The number of carboxylic acids is 1. The summed E-state index contributed by atoms with van der Waals surface area (Å²) in [7, 11) is 1.47. The number of aliphatic carboxylic acids is 1. The van der Waals surface area contributed by atoms with E-state index in [1.54, 1.807) is 36.4 Å². The van der Waals surface area contributed by atoms with E-state index in [9.17, 15) is 14.4 Å². The molecule has 0 saturated carbocycles. The summed E-state index contributed by atoms with van der Waals surface area (Å²) in [5, 5.41) is 11.5. The summed E-state index contributed by atoms with van der Waals surface area (Å²) in [6.07, 6.45) is 0.950. The second-order valence-corrected chi connectivity index (χ2v) is 9.52. The van der Waals surface area contributed by atoms with Crippen LogP contribution in [0.2, 0.25) is 0 Å². The van der Waals surface area contributed by atoms with Crippen LogP contribution in [0, 0.1) is 0 Å². The largest absolute Gasteiger partial charge is 0.496 e. The van der Waals surface area contributed by atoms with E-state index in [4.69, 9.17) is 19.3 Å². The van der Waals surface area contributed by atoms with Gasteiger partial charge in [-0.1, -0.05) is 60.7 Å². The van der Waals surface area contributed by atoms with Gasteiger partial charge >= 0.3 is 11.9 Å². The molecule has 0 atom stereocenters. The van der Waals surface area contributed by atoms with E-state index in [2.05, 4.69) is 29.6 Å². The van der Waals surface area contributed by atoms with Crippen molar-refractivity contribution in [3.63, 3.8) is 0 Å². The minimum absolute atomic E-state index is 0.0200. The molecule has 0 spiro atoms. The fraction of sp³-hybridized carbons (Fsp3) is 0.182. The quantitative estimate of drug-likeness (QED) is 0.124. The second kappa shape index (κ2) is 12.4. The van der Waals surface area contributed by atoms with Gasteiger partial charge in [0.2, 0.25) is 6.41 Å². The summed E-state index contributed by atoms with van der Waals surface area (Å²) in [4.78, 5) is 35.9. The Hall–Kier alpha value is -5.11. The molecule has 0 bridgehead atoms. The molecule has 1 aliphatic carbocycles. The van der Waals surface area contributed by atoms with Crippen molar-refractivity contribution >= 4 is 24.0 Å². The molecule has 2 N–H and O–H groups in total. The average molecular weight is 552 g/mol. The van der Waals surface area contributed by atoms with Crippen LogP contribution in [0.3, 0.4) is 0 Å². The first-order chi connectivity index (χ1) is 20.0. The van der Waals surface area contributed by atoms with Gasteiger partial charge in [-0.3, -0.25) is 9.59 Å². The van der Waals surface area contributed by atoms with E-state index >= 15 is 0 Å². The Bertz CT molecular complexity index is 1530. The molecule has 0 fully saturated rings. The van der Waals surface area contributed by atoms with Crippen molar-refractivity contribution in [1.82, 2.24) is 0 Å². The highest BCUT2D eigenvalue weighted by Gasteiger charge is 2.30. The van der Waals surface area contributed by atoms with Gasteiger partial charge in [0.15, 0.2) is 0 Å². The van der Waals surface area contributed by atoms with Crippen LogP contribution in [0.4, 0.5) is 5.69 Å². The summed E-state index contributed by atoms with van der Waals surface area (Å²) >= 11 is 0. The van der Waals surface area contributed by atoms with E-state index in [1.165, 1.54) is 7.11 Å². The lowest BCUT2D eigenvalue weighted by Crippen LogP contribution is -2.15. The standard InChI is InChI=1S/C33H29NO7/c1-39-29-17-16-28(34-20-35)31(21-12-14-22(15-13-21)40-18-6-11-30(36)37)32(29)33(38)41-19-27-25-9-4-2-7-23(25)24-8-3-5-10-26(24)27/h2-5,7-10,12-17,20,27H,6,11,18-19H2,1H3,(H,34,35)(H,36,37). The van der Waals surface area contributed by atoms with Crippen LogP contribution in [0.15, 0.2) is 84.9 Å². The molecule has 0 aromatic heterocycles. The molecule has 41 heavy (non-hydrogen) atoms. The van der Waals surface area contributed by atoms with Crippen molar-refractivity contribution in [3.8, 4) is 33.8 Å².